The highest BCUT2D eigenvalue weighted by molar-refractivity contribution is 9.09. The second-order valence-corrected chi connectivity index (χ2v) is 6.01. The summed E-state index contributed by atoms with van der Waals surface area (Å²) < 4.78 is 0. The van der Waals surface area contributed by atoms with Gasteiger partial charge in [-0.3, -0.25) is 4.99 Å². The minimum absolute atomic E-state index is 0.338. The van der Waals surface area contributed by atoms with Crippen LogP contribution in [0.3, 0.4) is 0 Å². The van der Waals surface area contributed by atoms with Crippen molar-refractivity contribution in [2.75, 3.05) is 25.5 Å². The van der Waals surface area contributed by atoms with Gasteiger partial charge in [0.15, 0.2) is 0 Å². The molecule has 5 heteroatoms. The summed E-state index contributed by atoms with van der Waals surface area (Å²) in [7, 11) is 2.07. The van der Waals surface area contributed by atoms with Crippen molar-refractivity contribution in [2.24, 2.45) is 4.99 Å². The smallest absolute Gasteiger partial charge is 0.0993 e. The van der Waals surface area contributed by atoms with Gasteiger partial charge in [-0.05, 0) is 17.7 Å². The zero-order valence-corrected chi connectivity index (χ0v) is 13.3. The van der Waals surface area contributed by atoms with Crippen LogP contribution >= 0.6 is 39.1 Å². The van der Waals surface area contributed by atoms with Crippen LogP contribution in [-0.2, 0) is 0 Å². The van der Waals surface area contributed by atoms with Crippen molar-refractivity contribution in [3.05, 3.63) is 33.8 Å². The molecule has 1 fully saturated rings. The van der Waals surface area contributed by atoms with Gasteiger partial charge in [0, 0.05) is 41.3 Å². The molecule has 0 N–H and O–H groups in total. The Kier molecular flexibility index (Phi) is 4.93. The van der Waals surface area contributed by atoms with Crippen LogP contribution in [0.25, 0.3) is 0 Å². The van der Waals surface area contributed by atoms with Gasteiger partial charge < -0.3 is 4.90 Å². The van der Waals surface area contributed by atoms with Crippen LogP contribution in [0, 0.1) is 0 Å². The third-order valence-electron chi connectivity index (χ3n) is 3.15. The largest absolute Gasteiger partial charge is 0.363 e. The maximum Gasteiger partial charge on any atom is 0.0993 e. The van der Waals surface area contributed by atoms with E-state index >= 15 is 0 Å². The van der Waals surface area contributed by atoms with E-state index in [2.05, 4.69) is 32.9 Å². The molecule has 0 amide bonds. The molecule has 0 aliphatic carbocycles. The van der Waals surface area contributed by atoms with Crippen molar-refractivity contribution in [3.63, 3.8) is 0 Å². The van der Waals surface area contributed by atoms with Gasteiger partial charge in [0.25, 0.3) is 0 Å². The Morgan fingerprint density at radius 3 is 2.67 bits per heavy atom. The molecule has 2 nitrogen and oxygen atoms in total. The number of likely N-dealkylation sites (tertiary alicyclic amines) is 1. The van der Waals surface area contributed by atoms with Crippen LogP contribution in [0.5, 0.6) is 0 Å². The van der Waals surface area contributed by atoms with Crippen molar-refractivity contribution in [1.29, 1.82) is 0 Å². The minimum Gasteiger partial charge on any atom is -0.363 e. The molecule has 98 valence electrons. The normalized spacial score (nSPS) is 21.9. The monoisotopic (exact) mass is 348 g/mol. The molecule has 2 rings (SSSR count). The first-order valence-corrected chi connectivity index (χ1v) is 7.75. The SMILES string of the molecule is CN1CC(c2c(Cl)cccc2Cl)CC1=NCCBr. The van der Waals surface area contributed by atoms with Crippen molar-refractivity contribution in [1.82, 2.24) is 4.90 Å². The first-order chi connectivity index (χ1) is 8.63. The predicted octanol–water partition coefficient (Wildman–Crippen LogP) is 4.21. The van der Waals surface area contributed by atoms with E-state index in [0.717, 1.165) is 46.3 Å². The standard InChI is InChI=1S/C13H15BrCl2N2/c1-18-8-9(7-12(18)17-6-5-14)13-10(15)3-2-4-11(13)16/h2-4,9H,5-8H2,1H3. The highest BCUT2D eigenvalue weighted by Crippen LogP contribution is 2.37. The van der Waals surface area contributed by atoms with E-state index < -0.39 is 0 Å². The summed E-state index contributed by atoms with van der Waals surface area (Å²) in [6.45, 7) is 1.73. The number of amidine groups is 1. The van der Waals surface area contributed by atoms with Gasteiger partial charge in [0.2, 0.25) is 0 Å². The lowest BCUT2D eigenvalue weighted by Gasteiger charge is -2.14. The van der Waals surface area contributed by atoms with Crippen LogP contribution < -0.4 is 0 Å². The molecule has 1 aromatic carbocycles. The fourth-order valence-electron chi connectivity index (χ4n) is 2.33. The topological polar surface area (TPSA) is 15.6 Å². The molecule has 1 aliphatic heterocycles. The van der Waals surface area contributed by atoms with Crippen LogP contribution in [0.4, 0.5) is 0 Å². The van der Waals surface area contributed by atoms with Gasteiger partial charge in [-0.25, -0.2) is 0 Å². The fourth-order valence-corrected chi connectivity index (χ4v) is 3.21. The lowest BCUT2D eigenvalue weighted by Crippen LogP contribution is -2.20. The van der Waals surface area contributed by atoms with E-state index in [1.165, 1.54) is 0 Å². The Bertz CT molecular complexity index is 442. The van der Waals surface area contributed by atoms with Crippen LogP contribution in [0.1, 0.15) is 17.9 Å². The number of nitrogens with zero attached hydrogens (tertiary/aromatic N) is 2. The zero-order valence-electron chi connectivity index (χ0n) is 10.2. The van der Waals surface area contributed by atoms with Crippen LogP contribution in [0.2, 0.25) is 10.0 Å². The Morgan fingerprint density at radius 1 is 1.39 bits per heavy atom. The Balaban J connectivity index is 2.22. The lowest BCUT2D eigenvalue weighted by molar-refractivity contribution is 0.519. The lowest BCUT2D eigenvalue weighted by atomic mass is 9.98. The van der Waals surface area contributed by atoms with Crippen LogP contribution in [0.15, 0.2) is 23.2 Å². The van der Waals surface area contributed by atoms with E-state index in [4.69, 9.17) is 23.2 Å². The molecule has 0 spiro atoms. The molecule has 0 bridgehead atoms. The van der Waals surface area contributed by atoms with Crippen molar-refractivity contribution in [2.45, 2.75) is 12.3 Å². The number of alkyl halides is 1. The average molecular weight is 350 g/mol. The molecule has 1 heterocycles. The maximum absolute atomic E-state index is 6.26. The molecule has 1 aromatic rings. The molecular formula is C13H15BrCl2N2. The minimum atomic E-state index is 0.338. The van der Waals surface area contributed by atoms with E-state index in [0.29, 0.717) is 5.92 Å². The second-order valence-electron chi connectivity index (χ2n) is 4.40. The maximum atomic E-state index is 6.26. The summed E-state index contributed by atoms with van der Waals surface area (Å²) in [4.78, 5) is 6.75. The van der Waals surface area contributed by atoms with Gasteiger partial charge in [0.05, 0.1) is 12.4 Å². The van der Waals surface area contributed by atoms with Gasteiger partial charge in [-0.15, -0.1) is 0 Å². The molecule has 0 radical (unpaired) electrons. The predicted molar refractivity (Wildman–Crippen MR) is 82.5 cm³/mol. The average Bonchev–Trinajstić information content (AvgIpc) is 2.67. The Hall–Kier alpha value is -0.250. The van der Waals surface area contributed by atoms with E-state index in [9.17, 15) is 0 Å². The van der Waals surface area contributed by atoms with Crippen molar-refractivity contribution in [3.8, 4) is 0 Å². The summed E-state index contributed by atoms with van der Waals surface area (Å²) in [5, 5.41) is 2.40. The highest BCUT2D eigenvalue weighted by Gasteiger charge is 2.29. The highest BCUT2D eigenvalue weighted by atomic mass is 79.9. The second kappa shape index (κ2) is 6.27. The van der Waals surface area contributed by atoms with Crippen LogP contribution in [-0.4, -0.2) is 36.2 Å². The van der Waals surface area contributed by atoms with Gasteiger partial charge in [-0.2, -0.15) is 0 Å². The molecular weight excluding hydrogens is 335 g/mol. The third kappa shape index (κ3) is 3.01. The molecule has 1 atom stereocenters. The van der Waals surface area contributed by atoms with Gasteiger partial charge in [-0.1, -0.05) is 45.2 Å². The van der Waals surface area contributed by atoms with Gasteiger partial charge in [0.1, 0.15) is 0 Å². The first kappa shape index (κ1) is 14.2. The molecule has 0 aromatic heterocycles. The fraction of sp³-hybridized carbons (Fsp3) is 0.462. The third-order valence-corrected chi connectivity index (χ3v) is 4.16. The number of halogens is 3. The summed E-state index contributed by atoms with van der Waals surface area (Å²) in [6, 6.07) is 5.68. The van der Waals surface area contributed by atoms with E-state index in [1.807, 2.05) is 18.2 Å². The number of hydrogen-bond donors (Lipinski definition) is 0. The van der Waals surface area contributed by atoms with Crippen molar-refractivity contribution >= 4 is 45.0 Å². The first-order valence-electron chi connectivity index (χ1n) is 5.87. The van der Waals surface area contributed by atoms with E-state index in [1.54, 1.807) is 0 Å². The number of likely N-dealkylation sites (N-methyl/N-ethyl adjacent to an activating group) is 1. The molecule has 1 unspecified atom stereocenters. The summed E-state index contributed by atoms with van der Waals surface area (Å²) in [6.07, 6.45) is 0.910. The molecule has 0 saturated carbocycles. The summed E-state index contributed by atoms with van der Waals surface area (Å²) >= 11 is 15.9. The summed E-state index contributed by atoms with van der Waals surface area (Å²) in [5.74, 6) is 1.47. The Labute approximate surface area is 126 Å². The molecule has 1 aliphatic rings. The summed E-state index contributed by atoms with van der Waals surface area (Å²) in [5.41, 5.74) is 1.05. The molecule has 18 heavy (non-hydrogen) atoms. The quantitative estimate of drug-likeness (QED) is 0.746. The van der Waals surface area contributed by atoms with E-state index in [-0.39, 0.29) is 0 Å². The van der Waals surface area contributed by atoms with Gasteiger partial charge >= 0.3 is 0 Å². The number of benzene rings is 1. The number of hydrogen-bond acceptors (Lipinski definition) is 1. The molecule has 1 saturated heterocycles. The Morgan fingerprint density at radius 2 is 2.06 bits per heavy atom. The number of rotatable bonds is 3. The number of aliphatic imine (C=N–C) groups is 1. The van der Waals surface area contributed by atoms with Crippen molar-refractivity contribution < 1.29 is 0 Å². The zero-order chi connectivity index (χ0) is 13.1.